The number of likely N-dealkylation sites (tertiary alicyclic amines) is 1. The minimum Gasteiger partial charge on any atom is -0.359 e. The number of hydrogen-bond donors (Lipinski definition) is 3. The van der Waals surface area contributed by atoms with Crippen LogP contribution in [0.25, 0.3) is 0 Å². The van der Waals surface area contributed by atoms with Crippen LogP contribution in [0.1, 0.15) is 19.3 Å². The summed E-state index contributed by atoms with van der Waals surface area (Å²) in [5.41, 5.74) is 5.78. The van der Waals surface area contributed by atoms with Crippen molar-refractivity contribution in [2.45, 2.75) is 25.3 Å². The molecule has 0 aliphatic carbocycles. The molecule has 1 fully saturated rings. The van der Waals surface area contributed by atoms with E-state index < -0.39 is 0 Å². The lowest BCUT2D eigenvalue weighted by Crippen LogP contribution is -2.44. The molecule has 6 heteroatoms. The molecule has 0 aromatic rings. The van der Waals surface area contributed by atoms with Gasteiger partial charge >= 0.3 is 0 Å². The molecule has 0 aromatic carbocycles. The van der Waals surface area contributed by atoms with Crippen LogP contribution in [0.4, 0.5) is 0 Å². The smallest absolute Gasteiger partial charge is 0.234 e. The van der Waals surface area contributed by atoms with Gasteiger partial charge in [0, 0.05) is 39.1 Å². The van der Waals surface area contributed by atoms with E-state index in [4.69, 9.17) is 5.73 Å². The maximum absolute atomic E-state index is 11.5. The van der Waals surface area contributed by atoms with Gasteiger partial charge in [0.05, 0.1) is 6.54 Å². The predicted octanol–water partition coefficient (Wildman–Crippen LogP) is -1.34. The van der Waals surface area contributed by atoms with Crippen molar-refractivity contribution in [2.24, 2.45) is 5.73 Å². The second-order valence-corrected chi connectivity index (χ2v) is 4.39. The third-order valence-corrected chi connectivity index (χ3v) is 2.95. The lowest BCUT2D eigenvalue weighted by Gasteiger charge is -2.29. The molecule has 0 aromatic heterocycles. The predicted molar refractivity (Wildman–Crippen MR) is 65.3 cm³/mol. The summed E-state index contributed by atoms with van der Waals surface area (Å²) in [6.45, 7) is 2.56. The summed E-state index contributed by atoms with van der Waals surface area (Å²) in [5, 5.41) is 5.24. The summed E-state index contributed by atoms with van der Waals surface area (Å²) >= 11 is 0. The molecule has 0 radical (unpaired) electrons. The van der Waals surface area contributed by atoms with Gasteiger partial charge < -0.3 is 16.4 Å². The first-order valence-electron chi connectivity index (χ1n) is 6.07. The Labute approximate surface area is 102 Å². The second kappa shape index (κ2) is 7.24. The third-order valence-electron chi connectivity index (χ3n) is 2.95. The summed E-state index contributed by atoms with van der Waals surface area (Å²) in [6.07, 6.45) is 2.23. The highest BCUT2D eigenvalue weighted by Crippen LogP contribution is 2.06. The Balaban J connectivity index is 2.10. The van der Waals surface area contributed by atoms with Crippen molar-refractivity contribution in [1.29, 1.82) is 0 Å². The van der Waals surface area contributed by atoms with Crippen LogP contribution in [0.3, 0.4) is 0 Å². The van der Waals surface area contributed by atoms with Gasteiger partial charge in [-0.2, -0.15) is 0 Å². The molecule has 0 saturated carbocycles. The molecule has 0 bridgehead atoms. The van der Waals surface area contributed by atoms with Gasteiger partial charge in [0.1, 0.15) is 0 Å². The van der Waals surface area contributed by atoms with E-state index in [1.54, 1.807) is 7.05 Å². The zero-order chi connectivity index (χ0) is 12.7. The number of hydrogen-bond acceptors (Lipinski definition) is 4. The monoisotopic (exact) mass is 242 g/mol. The highest BCUT2D eigenvalue weighted by Gasteiger charge is 2.17. The fraction of sp³-hybridized carbons (Fsp3) is 0.818. The summed E-state index contributed by atoms with van der Waals surface area (Å²) in [7, 11) is 1.58. The molecule has 17 heavy (non-hydrogen) atoms. The molecule has 1 heterocycles. The van der Waals surface area contributed by atoms with Gasteiger partial charge in [-0.05, 0) is 12.8 Å². The minimum atomic E-state index is -0.0609. The van der Waals surface area contributed by atoms with Crippen LogP contribution in [0, 0.1) is 0 Å². The molecule has 0 atom stereocenters. The highest BCUT2D eigenvalue weighted by atomic mass is 16.2. The topological polar surface area (TPSA) is 87.5 Å². The molecule has 1 saturated heterocycles. The number of carbonyl (C=O) groups excluding carboxylic acids is 2. The van der Waals surface area contributed by atoms with Crippen LogP contribution in [0.5, 0.6) is 0 Å². The fourth-order valence-corrected chi connectivity index (χ4v) is 1.81. The van der Waals surface area contributed by atoms with Crippen LogP contribution in [-0.4, -0.2) is 56.0 Å². The van der Waals surface area contributed by atoms with Crippen LogP contribution in [0.2, 0.25) is 0 Å². The molecular formula is C11H22N4O2. The van der Waals surface area contributed by atoms with Gasteiger partial charge in [-0.15, -0.1) is 0 Å². The van der Waals surface area contributed by atoms with E-state index in [9.17, 15) is 9.59 Å². The zero-order valence-electron chi connectivity index (χ0n) is 10.4. The van der Waals surface area contributed by atoms with Crippen molar-refractivity contribution in [1.82, 2.24) is 15.5 Å². The standard InChI is InChI=1S/C11H22N4O2/c1-13-10(16)2-5-14-11(17)8-15-6-3-9(12)4-7-15/h9H,2-8,12H2,1H3,(H,13,16)(H,14,17). The van der Waals surface area contributed by atoms with E-state index in [0.29, 0.717) is 19.5 Å². The van der Waals surface area contributed by atoms with Gasteiger partial charge in [-0.25, -0.2) is 0 Å². The Morgan fingerprint density at radius 1 is 1.29 bits per heavy atom. The Bertz CT molecular complexity index is 262. The maximum atomic E-state index is 11.5. The van der Waals surface area contributed by atoms with Crippen molar-refractivity contribution in [2.75, 3.05) is 33.2 Å². The van der Waals surface area contributed by atoms with Crippen LogP contribution in [0.15, 0.2) is 0 Å². The number of amides is 2. The molecule has 6 nitrogen and oxygen atoms in total. The normalized spacial score (nSPS) is 17.8. The minimum absolute atomic E-state index is 0.0237. The lowest BCUT2D eigenvalue weighted by atomic mass is 10.1. The highest BCUT2D eigenvalue weighted by molar-refractivity contribution is 5.79. The quantitative estimate of drug-likeness (QED) is 0.557. The van der Waals surface area contributed by atoms with E-state index in [2.05, 4.69) is 15.5 Å². The average Bonchev–Trinajstić information content (AvgIpc) is 2.32. The van der Waals surface area contributed by atoms with Gasteiger partial charge in [0.2, 0.25) is 11.8 Å². The molecule has 1 aliphatic heterocycles. The summed E-state index contributed by atoms with van der Waals surface area (Å²) in [6, 6.07) is 0.280. The first kappa shape index (κ1) is 13.9. The largest absolute Gasteiger partial charge is 0.359 e. The first-order chi connectivity index (χ1) is 8.11. The molecule has 4 N–H and O–H groups in total. The van der Waals surface area contributed by atoms with Crippen molar-refractivity contribution >= 4 is 11.8 Å². The molecular weight excluding hydrogens is 220 g/mol. The first-order valence-corrected chi connectivity index (χ1v) is 6.07. The van der Waals surface area contributed by atoms with E-state index >= 15 is 0 Å². The number of carbonyl (C=O) groups is 2. The zero-order valence-corrected chi connectivity index (χ0v) is 10.4. The lowest BCUT2D eigenvalue weighted by molar-refractivity contribution is -0.123. The molecule has 98 valence electrons. The number of nitrogens with one attached hydrogen (secondary N) is 2. The van der Waals surface area contributed by atoms with E-state index in [1.807, 2.05) is 0 Å². The van der Waals surface area contributed by atoms with Crippen molar-refractivity contribution in [3.05, 3.63) is 0 Å². The van der Waals surface area contributed by atoms with Crippen molar-refractivity contribution < 1.29 is 9.59 Å². The van der Waals surface area contributed by atoms with Crippen molar-refractivity contribution in [3.8, 4) is 0 Å². The van der Waals surface area contributed by atoms with Crippen LogP contribution >= 0.6 is 0 Å². The van der Waals surface area contributed by atoms with Crippen LogP contribution < -0.4 is 16.4 Å². The SMILES string of the molecule is CNC(=O)CCNC(=O)CN1CCC(N)CC1. The van der Waals surface area contributed by atoms with Gasteiger partial charge in [-0.3, -0.25) is 14.5 Å². The Morgan fingerprint density at radius 2 is 1.94 bits per heavy atom. The van der Waals surface area contributed by atoms with Gasteiger partial charge in [0.25, 0.3) is 0 Å². The summed E-state index contributed by atoms with van der Waals surface area (Å²) in [5.74, 6) is -0.0846. The number of nitrogens with zero attached hydrogens (tertiary/aromatic N) is 1. The molecule has 1 aliphatic rings. The number of nitrogens with two attached hydrogens (primary N) is 1. The van der Waals surface area contributed by atoms with Gasteiger partial charge in [0.15, 0.2) is 0 Å². The Hall–Kier alpha value is -1.14. The number of piperidine rings is 1. The maximum Gasteiger partial charge on any atom is 0.234 e. The number of rotatable bonds is 5. The van der Waals surface area contributed by atoms with E-state index in [-0.39, 0.29) is 17.9 Å². The molecule has 2 amide bonds. The molecule has 0 unspecified atom stereocenters. The Kier molecular flexibility index (Phi) is 5.93. The third kappa shape index (κ3) is 5.65. The molecule has 1 rings (SSSR count). The van der Waals surface area contributed by atoms with Gasteiger partial charge in [-0.1, -0.05) is 0 Å². The average molecular weight is 242 g/mol. The van der Waals surface area contributed by atoms with E-state index in [0.717, 1.165) is 25.9 Å². The van der Waals surface area contributed by atoms with E-state index in [1.165, 1.54) is 0 Å². The summed E-state index contributed by atoms with van der Waals surface area (Å²) in [4.78, 5) is 24.6. The fourth-order valence-electron chi connectivity index (χ4n) is 1.81. The Morgan fingerprint density at radius 3 is 2.53 bits per heavy atom. The van der Waals surface area contributed by atoms with Crippen molar-refractivity contribution in [3.63, 3.8) is 0 Å². The summed E-state index contributed by atoms with van der Waals surface area (Å²) < 4.78 is 0. The molecule has 0 spiro atoms. The second-order valence-electron chi connectivity index (χ2n) is 4.39. The van der Waals surface area contributed by atoms with Crippen LogP contribution in [-0.2, 0) is 9.59 Å².